The molecule has 0 aliphatic carbocycles. The summed E-state index contributed by atoms with van der Waals surface area (Å²) >= 11 is 0. The number of hydrogen-bond donors (Lipinski definition) is 3. The molecule has 1 rings (SSSR count). The van der Waals surface area contributed by atoms with Crippen molar-refractivity contribution < 1.29 is 9.52 Å². The van der Waals surface area contributed by atoms with Crippen molar-refractivity contribution in [1.29, 1.82) is 0 Å². The molecule has 6 heteroatoms. The molecule has 1 aromatic rings. The summed E-state index contributed by atoms with van der Waals surface area (Å²) in [5.74, 6) is 1.49. The quantitative estimate of drug-likeness (QED) is 0.434. The molecule has 16 heavy (non-hydrogen) atoms. The fraction of sp³-hybridized carbons (Fsp3) is 0.500. The van der Waals surface area contributed by atoms with Crippen molar-refractivity contribution in [2.45, 2.75) is 19.6 Å². The molecule has 3 N–H and O–H groups in total. The summed E-state index contributed by atoms with van der Waals surface area (Å²) in [5, 5.41) is 15.1. The molecule has 0 unspecified atom stereocenters. The monoisotopic (exact) mass is 339 g/mol. The smallest absolute Gasteiger partial charge is 0.191 e. The van der Waals surface area contributed by atoms with E-state index in [1.54, 1.807) is 20.2 Å². The third-order valence-electron chi connectivity index (χ3n) is 1.80. The van der Waals surface area contributed by atoms with Gasteiger partial charge < -0.3 is 20.2 Å². The topological polar surface area (TPSA) is 69.8 Å². The van der Waals surface area contributed by atoms with Gasteiger partial charge in [0.15, 0.2) is 5.96 Å². The highest BCUT2D eigenvalue weighted by Crippen LogP contribution is 1.97. The summed E-state index contributed by atoms with van der Waals surface area (Å²) in [5.41, 5.74) is 0. The second kappa shape index (κ2) is 8.40. The van der Waals surface area contributed by atoms with E-state index >= 15 is 0 Å². The van der Waals surface area contributed by atoms with Crippen LogP contribution in [0.2, 0.25) is 0 Å². The highest BCUT2D eigenvalue weighted by molar-refractivity contribution is 14.0. The van der Waals surface area contributed by atoms with E-state index in [0.29, 0.717) is 19.0 Å². The van der Waals surface area contributed by atoms with Gasteiger partial charge in [0.25, 0.3) is 0 Å². The Labute approximate surface area is 112 Å². The van der Waals surface area contributed by atoms with E-state index in [4.69, 9.17) is 9.52 Å². The molecule has 0 aliphatic rings. The summed E-state index contributed by atoms with van der Waals surface area (Å²) in [7, 11) is 1.68. The van der Waals surface area contributed by atoms with E-state index in [2.05, 4.69) is 15.6 Å². The van der Waals surface area contributed by atoms with Crippen LogP contribution in [0.1, 0.15) is 12.7 Å². The first-order chi connectivity index (χ1) is 7.22. The van der Waals surface area contributed by atoms with Gasteiger partial charge in [-0.25, -0.2) is 0 Å². The van der Waals surface area contributed by atoms with Crippen molar-refractivity contribution >= 4 is 29.9 Å². The van der Waals surface area contributed by atoms with Crippen LogP contribution >= 0.6 is 24.0 Å². The molecule has 0 aliphatic heterocycles. The molecule has 0 saturated carbocycles. The number of aliphatic hydroxyl groups excluding tert-OH is 1. The number of halogens is 1. The minimum absolute atomic E-state index is 0. The number of aliphatic hydroxyl groups is 1. The van der Waals surface area contributed by atoms with Crippen LogP contribution in [-0.2, 0) is 6.54 Å². The molecule has 1 heterocycles. The molecular formula is C10H18IN3O2. The van der Waals surface area contributed by atoms with Crippen LogP contribution in [0, 0.1) is 0 Å². The SMILES string of the molecule is CN=C(NCc1ccco1)NC[C@@H](C)O.I. The molecule has 0 amide bonds. The molecule has 92 valence electrons. The molecule has 1 aromatic heterocycles. The Morgan fingerprint density at radius 1 is 1.56 bits per heavy atom. The molecule has 1 atom stereocenters. The van der Waals surface area contributed by atoms with E-state index in [-0.39, 0.29) is 24.0 Å². The maximum atomic E-state index is 9.09. The van der Waals surface area contributed by atoms with Crippen molar-refractivity contribution in [3.63, 3.8) is 0 Å². The number of nitrogens with zero attached hydrogens (tertiary/aromatic N) is 1. The highest BCUT2D eigenvalue weighted by atomic mass is 127. The van der Waals surface area contributed by atoms with E-state index in [0.717, 1.165) is 5.76 Å². The van der Waals surface area contributed by atoms with Crippen LogP contribution in [0.15, 0.2) is 27.8 Å². The van der Waals surface area contributed by atoms with Crippen molar-refractivity contribution in [2.75, 3.05) is 13.6 Å². The summed E-state index contributed by atoms with van der Waals surface area (Å²) in [4.78, 5) is 4.00. The van der Waals surface area contributed by atoms with Gasteiger partial charge in [-0.15, -0.1) is 24.0 Å². The largest absolute Gasteiger partial charge is 0.467 e. The Morgan fingerprint density at radius 2 is 2.31 bits per heavy atom. The van der Waals surface area contributed by atoms with Crippen LogP contribution in [0.25, 0.3) is 0 Å². The summed E-state index contributed by atoms with van der Waals surface area (Å²) in [6, 6.07) is 3.72. The fourth-order valence-corrected chi connectivity index (χ4v) is 1.05. The van der Waals surface area contributed by atoms with E-state index < -0.39 is 6.10 Å². The van der Waals surface area contributed by atoms with Gasteiger partial charge in [0.2, 0.25) is 0 Å². The summed E-state index contributed by atoms with van der Waals surface area (Å²) in [6.45, 7) is 2.76. The van der Waals surface area contributed by atoms with Gasteiger partial charge in [-0.1, -0.05) is 0 Å². The molecule has 0 radical (unpaired) electrons. The number of hydrogen-bond acceptors (Lipinski definition) is 3. The van der Waals surface area contributed by atoms with E-state index in [1.807, 2.05) is 12.1 Å². The van der Waals surface area contributed by atoms with Crippen molar-refractivity contribution in [3.8, 4) is 0 Å². The van der Waals surface area contributed by atoms with Gasteiger partial charge >= 0.3 is 0 Å². The van der Waals surface area contributed by atoms with Gasteiger partial charge in [0.05, 0.1) is 18.9 Å². The summed E-state index contributed by atoms with van der Waals surface area (Å²) < 4.78 is 5.16. The van der Waals surface area contributed by atoms with Crippen LogP contribution in [0.3, 0.4) is 0 Å². The minimum atomic E-state index is -0.396. The Bertz CT molecular complexity index is 299. The van der Waals surface area contributed by atoms with Gasteiger partial charge in [0.1, 0.15) is 5.76 Å². The lowest BCUT2D eigenvalue weighted by Gasteiger charge is -2.11. The third kappa shape index (κ3) is 5.96. The lowest BCUT2D eigenvalue weighted by Crippen LogP contribution is -2.40. The maximum absolute atomic E-state index is 9.09. The van der Waals surface area contributed by atoms with E-state index in [1.165, 1.54) is 0 Å². The predicted molar refractivity (Wildman–Crippen MR) is 74.0 cm³/mol. The Balaban J connectivity index is 0.00000225. The third-order valence-corrected chi connectivity index (χ3v) is 1.80. The lowest BCUT2D eigenvalue weighted by molar-refractivity contribution is 0.197. The Hall–Kier alpha value is -0.760. The zero-order chi connectivity index (χ0) is 11.1. The first-order valence-electron chi connectivity index (χ1n) is 4.87. The van der Waals surface area contributed by atoms with Crippen molar-refractivity contribution in [1.82, 2.24) is 10.6 Å². The Kier molecular flexibility index (Phi) is 8.00. The van der Waals surface area contributed by atoms with Gasteiger partial charge in [0, 0.05) is 13.6 Å². The first-order valence-corrected chi connectivity index (χ1v) is 4.87. The van der Waals surface area contributed by atoms with Gasteiger partial charge in [-0.2, -0.15) is 0 Å². The highest BCUT2D eigenvalue weighted by Gasteiger charge is 2.01. The predicted octanol–water partition coefficient (Wildman–Crippen LogP) is 0.943. The summed E-state index contributed by atoms with van der Waals surface area (Å²) in [6.07, 6.45) is 1.23. The van der Waals surface area contributed by atoms with Crippen LogP contribution in [-0.4, -0.2) is 30.8 Å². The number of furan rings is 1. The van der Waals surface area contributed by atoms with E-state index in [9.17, 15) is 0 Å². The molecule has 5 nitrogen and oxygen atoms in total. The van der Waals surface area contributed by atoms with Crippen LogP contribution in [0.4, 0.5) is 0 Å². The molecule has 0 bridgehead atoms. The second-order valence-corrected chi connectivity index (χ2v) is 3.24. The number of nitrogens with one attached hydrogen (secondary N) is 2. The zero-order valence-electron chi connectivity index (χ0n) is 9.43. The molecule has 0 aromatic carbocycles. The average Bonchev–Trinajstić information content (AvgIpc) is 2.70. The molecule has 0 fully saturated rings. The standard InChI is InChI=1S/C10H17N3O2.HI/c1-8(14)6-12-10(11-2)13-7-9-4-3-5-15-9;/h3-5,8,14H,6-7H2,1-2H3,(H2,11,12,13);1H/t8-;/m1./s1. The second-order valence-electron chi connectivity index (χ2n) is 3.24. The molecule has 0 saturated heterocycles. The van der Waals surface area contributed by atoms with Gasteiger partial charge in [-0.05, 0) is 19.1 Å². The van der Waals surface area contributed by atoms with Gasteiger partial charge in [-0.3, -0.25) is 4.99 Å². The number of aliphatic imine (C=N–C) groups is 1. The minimum Gasteiger partial charge on any atom is -0.467 e. The van der Waals surface area contributed by atoms with Crippen LogP contribution < -0.4 is 10.6 Å². The molecule has 0 spiro atoms. The first kappa shape index (κ1) is 15.2. The van der Waals surface area contributed by atoms with Crippen molar-refractivity contribution in [2.24, 2.45) is 4.99 Å². The Morgan fingerprint density at radius 3 is 2.81 bits per heavy atom. The zero-order valence-corrected chi connectivity index (χ0v) is 11.8. The number of rotatable bonds is 4. The lowest BCUT2D eigenvalue weighted by atomic mass is 10.4. The molecular weight excluding hydrogens is 321 g/mol. The average molecular weight is 339 g/mol. The normalized spacial score (nSPS) is 12.8. The maximum Gasteiger partial charge on any atom is 0.191 e. The fourth-order valence-electron chi connectivity index (χ4n) is 1.05. The van der Waals surface area contributed by atoms with Crippen LogP contribution in [0.5, 0.6) is 0 Å². The van der Waals surface area contributed by atoms with Crippen molar-refractivity contribution in [3.05, 3.63) is 24.2 Å². The number of guanidine groups is 1.